The van der Waals surface area contributed by atoms with E-state index in [0.29, 0.717) is 0 Å². The molecule has 0 aliphatic carbocycles. The normalized spacial score (nSPS) is 15.6. The van der Waals surface area contributed by atoms with E-state index < -0.39 is 41.6 Å². The van der Waals surface area contributed by atoms with Gasteiger partial charge in [0.2, 0.25) is 5.96 Å². The van der Waals surface area contributed by atoms with Gasteiger partial charge in [-0.2, -0.15) is 27.4 Å². The van der Waals surface area contributed by atoms with Crippen LogP contribution in [0, 0.1) is 22.8 Å². The SMILES string of the molecule is N#CNC1=NC(c2cc(S(=O)(=O)O)ccc2S(=O)(=O)O)c2c(nc(N)c(C#N)c2N)N1. The smallest absolute Gasteiger partial charge is 0.294 e. The lowest BCUT2D eigenvalue weighted by Gasteiger charge is -2.27. The Hall–Kier alpha value is -3.96. The molecule has 160 valence electrons. The summed E-state index contributed by atoms with van der Waals surface area (Å²) in [6.07, 6.45) is 1.58. The number of hydrogen-bond acceptors (Lipinski definition) is 12. The van der Waals surface area contributed by atoms with Crippen LogP contribution in [0.15, 0.2) is 33.0 Å². The maximum Gasteiger partial charge on any atom is 0.294 e. The molecule has 0 amide bonds. The topological polar surface area (TPSA) is 258 Å². The van der Waals surface area contributed by atoms with Crippen molar-refractivity contribution in [2.45, 2.75) is 15.8 Å². The van der Waals surface area contributed by atoms with Crippen LogP contribution in [0.1, 0.15) is 22.7 Å². The van der Waals surface area contributed by atoms with E-state index in [4.69, 9.17) is 16.7 Å². The summed E-state index contributed by atoms with van der Waals surface area (Å²) >= 11 is 0. The van der Waals surface area contributed by atoms with Crippen molar-refractivity contribution in [2.75, 3.05) is 16.8 Å². The molecule has 8 N–H and O–H groups in total. The van der Waals surface area contributed by atoms with Crippen LogP contribution in [0.3, 0.4) is 0 Å². The number of nitrogens with one attached hydrogen (secondary N) is 2. The molecule has 0 bridgehead atoms. The zero-order valence-corrected chi connectivity index (χ0v) is 16.7. The molecule has 3 rings (SSSR count). The third-order valence-corrected chi connectivity index (χ3v) is 5.99. The highest BCUT2D eigenvalue weighted by Crippen LogP contribution is 2.42. The van der Waals surface area contributed by atoms with Gasteiger partial charge in [-0.3, -0.25) is 14.4 Å². The molecule has 31 heavy (non-hydrogen) atoms. The molecule has 1 aliphatic heterocycles. The first-order valence-electron chi connectivity index (χ1n) is 7.96. The van der Waals surface area contributed by atoms with Crippen molar-refractivity contribution in [1.82, 2.24) is 10.3 Å². The van der Waals surface area contributed by atoms with Crippen LogP contribution in [0.4, 0.5) is 17.3 Å². The van der Waals surface area contributed by atoms with Crippen LogP contribution in [0.25, 0.3) is 0 Å². The van der Waals surface area contributed by atoms with Gasteiger partial charge >= 0.3 is 0 Å². The second kappa shape index (κ2) is 7.38. The quantitative estimate of drug-likeness (QED) is 0.191. The number of nitrogens with two attached hydrogens (primary N) is 2. The van der Waals surface area contributed by atoms with Crippen molar-refractivity contribution < 1.29 is 25.9 Å². The van der Waals surface area contributed by atoms with Crippen molar-refractivity contribution in [2.24, 2.45) is 4.99 Å². The number of aromatic nitrogens is 1. The number of hydrogen-bond donors (Lipinski definition) is 6. The minimum Gasteiger partial charge on any atom is -0.397 e. The molecule has 16 heteroatoms. The minimum absolute atomic E-state index is 0.0772. The fraction of sp³-hybridized carbons (Fsp3) is 0.0667. The molecule has 1 aromatic carbocycles. The fourth-order valence-corrected chi connectivity index (χ4v) is 4.17. The van der Waals surface area contributed by atoms with E-state index in [9.17, 15) is 31.2 Å². The number of rotatable bonds is 3. The lowest BCUT2D eigenvalue weighted by atomic mass is 9.95. The van der Waals surface area contributed by atoms with Crippen LogP contribution in [-0.4, -0.2) is 36.9 Å². The third kappa shape index (κ3) is 3.91. The fourth-order valence-electron chi connectivity index (χ4n) is 2.94. The number of pyridine rings is 1. The molecule has 1 atom stereocenters. The number of aliphatic imine (C=N–C) groups is 1. The summed E-state index contributed by atoms with van der Waals surface area (Å²) in [5.41, 5.74) is 10.7. The Labute approximate surface area is 175 Å². The minimum atomic E-state index is -4.92. The summed E-state index contributed by atoms with van der Waals surface area (Å²) in [7, 11) is -9.70. The summed E-state index contributed by atoms with van der Waals surface area (Å²) in [5, 5.41) is 23.0. The van der Waals surface area contributed by atoms with Crippen molar-refractivity contribution in [3.63, 3.8) is 0 Å². The average Bonchev–Trinajstić information content (AvgIpc) is 2.66. The monoisotopic (exact) mass is 464 g/mol. The number of nitrogen functional groups attached to an aromatic ring is 2. The number of anilines is 3. The van der Waals surface area contributed by atoms with Crippen LogP contribution in [-0.2, 0) is 20.2 Å². The second-order valence-corrected chi connectivity index (χ2v) is 8.86. The Bertz CT molecular complexity index is 1440. The number of guanidine groups is 1. The first-order chi connectivity index (χ1) is 14.4. The van der Waals surface area contributed by atoms with Crippen LogP contribution in [0.5, 0.6) is 0 Å². The Morgan fingerprint density at radius 2 is 1.81 bits per heavy atom. The van der Waals surface area contributed by atoms with Gasteiger partial charge < -0.3 is 16.8 Å². The second-order valence-electron chi connectivity index (χ2n) is 6.05. The van der Waals surface area contributed by atoms with Gasteiger partial charge in [-0.05, 0) is 18.2 Å². The Morgan fingerprint density at radius 3 is 2.35 bits per heavy atom. The molecular weight excluding hydrogens is 452 g/mol. The summed E-state index contributed by atoms with van der Waals surface area (Å²) in [4.78, 5) is 6.60. The Morgan fingerprint density at radius 1 is 1.13 bits per heavy atom. The van der Waals surface area contributed by atoms with E-state index in [1.54, 1.807) is 12.3 Å². The van der Waals surface area contributed by atoms with Gasteiger partial charge in [0.1, 0.15) is 29.3 Å². The molecule has 0 fully saturated rings. The lowest BCUT2D eigenvalue weighted by molar-refractivity contribution is 0.477. The summed E-state index contributed by atoms with van der Waals surface area (Å²) in [5.74, 6) is -0.621. The van der Waals surface area contributed by atoms with Crippen molar-refractivity contribution in [3.05, 3.63) is 34.9 Å². The van der Waals surface area contributed by atoms with Gasteiger partial charge in [0.05, 0.1) is 15.5 Å². The first-order valence-corrected chi connectivity index (χ1v) is 10.8. The summed E-state index contributed by atoms with van der Waals surface area (Å²) < 4.78 is 66.1. The average molecular weight is 464 g/mol. The van der Waals surface area contributed by atoms with Crippen LogP contribution < -0.4 is 22.1 Å². The van der Waals surface area contributed by atoms with E-state index in [0.717, 1.165) is 18.2 Å². The number of nitriles is 2. The molecule has 1 unspecified atom stereocenters. The van der Waals surface area contributed by atoms with Gasteiger partial charge in [-0.25, -0.2) is 9.98 Å². The van der Waals surface area contributed by atoms with Gasteiger partial charge in [0, 0.05) is 11.1 Å². The van der Waals surface area contributed by atoms with Crippen LogP contribution >= 0.6 is 0 Å². The summed E-state index contributed by atoms with van der Waals surface area (Å²) in [6, 6.07) is 2.52. The highest BCUT2D eigenvalue weighted by atomic mass is 32.2. The maximum absolute atomic E-state index is 11.9. The summed E-state index contributed by atoms with van der Waals surface area (Å²) in [6.45, 7) is 0. The van der Waals surface area contributed by atoms with E-state index in [1.807, 2.05) is 0 Å². The van der Waals surface area contributed by atoms with Gasteiger partial charge in [0.15, 0.2) is 6.19 Å². The van der Waals surface area contributed by atoms with E-state index in [2.05, 4.69) is 20.6 Å². The molecule has 2 aromatic rings. The zero-order chi connectivity index (χ0) is 23.1. The predicted octanol–water partition coefficient (Wildman–Crippen LogP) is -0.447. The molecule has 0 spiro atoms. The Kier molecular flexibility index (Phi) is 5.17. The molecule has 1 aliphatic rings. The Balaban J connectivity index is 2.45. The molecule has 0 radical (unpaired) electrons. The van der Waals surface area contributed by atoms with E-state index in [1.165, 1.54) is 0 Å². The predicted molar refractivity (Wildman–Crippen MR) is 105 cm³/mol. The standard InChI is InChI=1S/C15H12N8O6S2/c16-4-8-11(18)10-12(21-15(20-5-17)23-14(10)22-13(8)19)7-3-6(30(24,25)26)1-2-9(7)31(27,28)29/h1-3,12H,(H,24,25,26)(H,27,28,29)(H6,18,19,20,21,22,23). The van der Waals surface area contributed by atoms with Crippen LogP contribution in [0.2, 0.25) is 0 Å². The number of fused-ring (bicyclic) bond motifs is 1. The van der Waals surface area contributed by atoms with Gasteiger partial charge in [-0.1, -0.05) is 0 Å². The zero-order valence-electron chi connectivity index (χ0n) is 15.1. The molecule has 0 saturated heterocycles. The lowest BCUT2D eigenvalue weighted by Crippen LogP contribution is -2.33. The number of benzene rings is 1. The number of nitrogens with zero attached hydrogens (tertiary/aromatic N) is 4. The van der Waals surface area contributed by atoms with Crippen molar-refractivity contribution in [1.29, 1.82) is 10.5 Å². The van der Waals surface area contributed by atoms with E-state index >= 15 is 0 Å². The van der Waals surface area contributed by atoms with Gasteiger partial charge in [-0.15, -0.1) is 0 Å². The highest BCUT2D eigenvalue weighted by Gasteiger charge is 2.34. The first kappa shape index (κ1) is 21.7. The molecule has 2 heterocycles. The van der Waals surface area contributed by atoms with Crippen molar-refractivity contribution >= 4 is 43.5 Å². The van der Waals surface area contributed by atoms with Crippen molar-refractivity contribution in [3.8, 4) is 12.3 Å². The maximum atomic E-state index is 11.9. The highest BCUT2D eigenvalue weighted by molar-refractivity contribution is 7.86. The van der Waals surface area contributed by atoms with Gasteiger partial charge in [0.25, 0.3) is 20.2 Å². The third-order valence-electron chi connectivity index (χ3n) is 4.21. The molecule has 0 saturated carbocycles. The largest absolute Gasteiger partial charge is 0.397 e. The van der Waals surface area contributed by atoms with E-state index in [-0.39, 0.29) is 34.4 Å². The molecular formula is C15H12N8O6S2. The molecule has 14 nitrogen and oxygen atoms in total. The molecule has 1 aromatic heterocycles.